The van der Waals surface area contributed by atoms with Crippen LogP contribution < -0.4 is 0 Å². The summed E-state index contributed by atoms with van der Waals surface area (Å²) in [5.41, 5.74) is 2.20. The van der Waals surface area contributed by atoms with Crippen molar-refractivity contribution in [2.24, 2.45) is 5.92 Å². The number of carbonyl (C=O) groups excluding carboxylic acids is 3. The van der Waals surface area contributed by atoms with Crippen molar-refractivity contribution >= 4 is 17.7 Å². The quantitative estimate of drug-likeness (QED) is 0.677. The molecule has 2 saturated heterocycles. The summed E-state index contributed by atoms with van der Waals surface area (Å²) in [5.74, 6) is -0.427. The van der Waals surface area contributed by atoms with Crippen molar-refractivity contribution in [2.75, 3.05) is 32.8 Å². The van der Waals surface area contributed by atoms with Gasteiger partial charge < -0.3 is 14.4 Å². The monoisotopic (exact) mass is 434 g/mol. The molecule has 166 valence electrons. The number of imide groups is 1. The zero-order chi connectivity index (χ0) is 22.1. The van der Waals surface area contributed by atoms with E-state index in [-0.39, 0.29) is 24.0 Å². The Bertz CT molecular complexity index is 1020. The fraction of sp³-hybridized carbons (Fsp3) is 0.400. The Kier molecular flexibility index (Phi) is 5.76. The molecule has 2 aromatic rings. The van der Waals surface area contributed by atoms with Gasteiger partial charge in [-0.15, -0.1) is 0 Å². The standard InChI is InChI=1S/C25H26N2O5/c28-22(26-11-9-18(10-12-26)25-31-14-15-32-25)19-6-7-20-21(16-19)24(30)27(23(20)29)13-8-17-4-2-1-3-5-17/h1-7,16,18,25H,8-15H2. The third-order valence-electron chi connectivity index (χ3n) is 6.54. The van der Waals surface area contributed by atoms with Gasteiger partial charge in [0.05, 0.1) is 24.3 Å². The number of piperidine rings is 1. The Balaban J connectivity index is 1.24. The van der Waals surface area contributed by atoms with Crippen molar-refractivity contribution in [1.29, 1.82) is 0 Å². The van der Waals surface area contributed by atoms with Gasteiger partial charge in [-0.1, -0.05) is 30.3 Å². The number of rotatable bonds is 5. The van der Waals surface area contributed by atoms with E-state index < -0.39 is 0 Å². The maximum Gasteiger partial charge on any atom is 0.261 e. The number of fused-ring (bicyclic) bond motifs is 1. The molecule has 2 fully saturated rings. The summed E-state index contributed by atoms with van der Waals surface area (Å²) < 4.78 is 11.2. The van der Waals surface area contributed by atoms with Crippen molar-refractivity contribution in [3.63, 3.8) is 0 Å². The molecule has 3 aliphatic rings. The molecule has 7 heteroatoms. The lowest BCUT2D eigenvalue weighted by atomic mass is 9.95. The number of hydrogen-bond acceptors (Lipinski definition) is 5. The fourth-order valence-corrected chi connectivity index (χ4v) is 4.72. The average Bonchev–Trinajstić information content (AvgIpc) is 3.46. The van der Waals surface area contributed by atoms with E-state index in [1.165, 1.54) is 4.90 Å². The van der Waals surface area contributed by atoms with Crippen LogP contribution in [0.4, 0.5) is 0 Å². The number of likely N-dealkylation sites (tertiary alicyclic amines) is 1. The molecule has 0 unspecified atom stereocenters. The van der Waals surface area contributed by atoms with Gasteiger partial charge in [-0.05, 0) is 43.0 Å². The van der Waals surface area contributed by atoms with Gasteiger partial charge in [-0.2, -0.15) is 0 Å². The fourth-order valence-electron chi connectivity index (χ4n) is 4.72. The summed E-state index contributed by atoms with van der Waals surface area (Å²) in [7, 11) is 0. The van der Waals surface area contributed by atoms with Crippen molar-refractivity contribution in [3.8, 4) is 0 Å². The highest BCUT2D eigenvalue weighted by Crippen LogP contribution is 2.28. The number of ether oxygens (including phenoxy) is 2. The molecule has 0 aromatic heterocycles. The van der Waals surface area contributed by atoms with E-state index in [0.29, 0.717) is 61.9 Å². The van der Waals surface area contributed by atoms with Gasteiger partial charge in [-0.25, -0.2) is 0 Å². The highest BCUT2D eigenvalue weighted by Gasteiger charge is 2.37. The molecular formula is C25H26N2O5. The predicted molar refractivity (Wildman–Crippen MR) is 116 cm³/mol. The second-order valence-corrected chi connectivity index (χ2v) is 8.50. The first-order valence-corrected chi connectivity index (χ1v) is 11.2. The van der Waals surface area contributed by atoms with Gasteiger partial charge in [0, 0.05) is 31.1 Å². The van der Waals surface area contributed by atoms with Crippen LogP contribution in [0.2, 0.25) is 0 Å². The Labute approximate surface area is 186 Å². The third-order valence-corrected chi connectivity index (χ3v) is 6.54. The lowest BCUT2D eigenvalue weighted by Crippen LogP contribution is -2.41. The molecule has 3 heterocycles. The minimum Gasteiger partial charge on any atom is -0.350 e. The van der Waals surface area contributed by atoms with Crippen LogP contribution in [0.5, 0.6) is 0 Å². The molecule has 0 bridgehead atoms. The summed E-state index contributed by atoms with van der Waals surface area (Å²) >= 11 is 0. The van der Waals surface area contributed by atoms with Crippen LogP contribution in [0.1, 0.15) is 49.5 Å². The number of carbonyl (C=O) groups is 3. The lowest BCUT2D eigenvalue weighted by Gasteiger charge is -2.34. The molecule has 0 spiro atoms. The number of amides is 3. The average molecular weight is 434 g/mol. The summed E-state index contributed by atoms with van der Waals surface area (Å²) in [6.45, 7) is 2.83. The Morgan fingerprint density at radius 2 is 1.59 bits per heavy atom. The van der Waals surface area contributed by atoms with E-state index in [0.717, 1.165) is 18.4 Å². The molecule has 0 radical (unpaired) electrons. The number of benzene rings is 2. The van der Waals surface area contributed by atoms with E-state index in [1.807, 2.05) is 35.2 Å². The minimum atomic E-state index is -0.329. The zero-order valence-corrected chi connectivity index (χ0v) is 17.9. The first-order chi connectivity index (χ1) is 15.6. The van der Waals surface area contributed by atoms with Gasteiger partial charge >= 0.3 is 0 Å². The molecule has 0 N–H and O–H groups in total. The van der Waals surface area contributed by atoms with Crippen LogP contribution in [0.3, 0.4) is 0 Å². The molecule has 3 amide bonds. The van der Waals surface area contributed by atoms with Crippen molar-refractivity contribution in [2.45, 2.75) is 25.6 Å². The van der Waals surface area contributed by atoms with Gasteiger partial charge in [-0.3, -0.25) is 19.3 Å². The third kappa shape index (κ3) is 3.94. The van der Waals surface area contributed by atoms with Crippen molar-refractivity contribution < 1.29 is 23.9 Å². The number of hydrogen-bond donors (Lipinski definition) is 0. The lowest BCUT2D eigenvalue weighted by molar-refractivity contribution is -0.0956. The van der Waals surface area contributed by atoms with Crippen LogP contribution >= 0.6 is 0 Å². The predicted octanol–water partition coefficient (Wildman–Crippen LogP) is 2.75. The molecule has 0 saturated carbocycles. The molecule has 3 aliphatic heterocycles. The Morgan fingerprint density at radius 1 is 0.906 bits per heavy atom. The van der Waals surface area contributed by atoms with Crippen LogP contribution in [-0.4, -0.2) is 66.7 Å². The number of nitrogens with zero attached hydrogens (tertiary/aromatic N) is 2. The summed E-state index contributed by atoms with van der Waals surface area (Å²) in [6.07, 6.45) is 2.09. The first-order valence-electron chi connectivity index (χ1n) is 11.2. The molecule has 2 aromatic carbocycles. The smallest absolute Gasteiger partial charge is 0.261 e. The molecule has 0 atom stereocenters. The van der Waals surface area contributed by atoms with Crippen LogP contribution in [0, 0.1) is 5.92 Å². The Morgan fingerprint density at radius 3 is 2.31 bits per heavy atom. The largest absolute Gasteiger partial charge is 0.350 e. The molecule has 32 heavy (non-hydrogen) atoms. The van der Waals surface area contributed by atoms with E-state index in [2.05, 4.69) is 0 Å². The van der Waals surface area contributed by atoms with Gasteiger partial charge in [0.2, 0.25) is 0 Å². The van der Waals surface area contributed by atoms with E-state index in [1.54, 1.807) is 18.2 Å². The summed E-state index contributed by atoms with van der Waals surface area (Å²) in [5, 5.41) is 0. The zero-order valence-electron chi connectivity index (χ0n) is 17.9. The van der Waals surface area contributed by atoms with Crippen molar-refractivity contribution in [3.05, 3.63) is 70.8 Å². The van der Waals surface area contributed by atoms with Gasteiger partial charge in [0.15, 0.2) is 6.29 Å². The second kappa shape index (κ2) is 8.84. The second-order valence-electron chi connectivity index (χ2n) is 8.50. The van der Waals surface area contributed by atoms with E-state index in [9.17, 15) is 14.4 Å². The topological polar surface area (TPSA) is 76.2 Å². The maximum absolute atomic E-state index is 13.1. The van der Waals surface area contributed by atoms with Gasteiger partial charge in [0.1, 0.15) is 0 Å². The molecule has 0 aliphatic carbocycles. The van der Waals surface area contributed by atoms with Crippen LogP contribution in [0.15, 0.2) is 48.5 Å². The highest BCUT2D eigenvalue weighted by atomic mass is 16.7. The normalized spacial score (nSPS) is 19.6. The maximum atomic E-state index is 13.1. The summed E-state index contributed by atoms with van der Waals surface area (Å²) in [4.78, 5) is 41.8. The summed E-state index contributed by atoms with van der Waals surface area (Å²) in [6, 6.07) is 14.6. The highest BCUT2D eigenvalue weighted by molar-refractivity contribution is 6.22. The van der Waals surface area contributed by atoms with Crippen LogP contribution in [0.25, 0.3) is 0 Å². The Hall–Kier alpha value is -3.03. The molecular weight excluding hydrogens is 408 g/mol. The van der Waals surface area contributed by atoms with Gasteiger partial charge in [0.25, 0.3) is 17.7 Å². The first kappa shape index (κ1) is 20.8. The molecule has 5 rings (SSSR count). The van der Waals surface area contributed by atoms with Crippen LogP contribution in [-0.2, 0) is 15.9 Å². The van der Waals surface area contributed by atoms with E-state index in [4.69, 9.17) is 9.47 Å². The minimum absolute atomic E-state index is 0.109. The van der Waals surface area contributed by atoms with Crippen molar-refractivity contribution in [1.82, 2.24) is 9.80 Å². The van der Waals surface area contributed by atoms with E-state index >= 15 is 0 Å². The SMILES string of the molecule is O=C(c1ccc2c(c1)C(=O)N(CCc1ccccc1)C2=O)N1CCC(C2OCCO2)CC1. The molecule has 7 nitrogen and oxygen atoms in total.